The van der Waals surface area contributed by atoms with Crippen LogP contribution in [0.4, 0.5) is 0 Å². The summed E-state index contributed by atoms with van der Waals surface area (Å²) in [5.74, 6) is 0. The second-order valence-corrected chi connectivity index (χ2v) is 6.87. The predicted molar refractivity (Wildman–Crippen MR) is 76.8 cm³/mol. The van der Waals surface area contributed by atoms with Gasteiger partial charge in [-0.25, -0.2) is 0 Å². The fourth-order valence-corrected chi connectivity index (χ4v) is 3.17. The van der Waals surface area contributed by atoms with Crippen LogP contribution >= 0.6 is 0 Å². The van der Waals surface area contributed by atoms with Crippen LogP contribution in [0.3, 0.4) is 0 Å². The van der Waals surface area contributed by atoms with Gasteiger partial charge in [-0.1, -0.05) is 32.0 Å². The first-order chi connectivity index (χ1) is 8.56. The average Bonchev–Trinajstić information content (AvgIpc) is 2.95. The Morgan fingerprint density at radius 1 is 1.17 bits per heavy atom. The van der Waals surface area contributed by atoms with E-state index >= 15 is 0 Å². The van der Waals surface area contributed by atoms with Crippen molar-refractivity contribution in [3.05, 3.63) is 34.9 Å². The Hall–Kier alpha value is -0.820. The molecule has 0 bridgehead atoms. The van der Waals surface area contributed by atoms with E-state index in [-0.39, 0.29) is 0 Å². The van der Waals surface area contributed by atoms with Crippen molar-refractivity contribution in [2.24, 2.45) is 5.41 Å². The second-order valence-electron chi connectivity index (χ2n) is 6.87. The molecule has 1 saturated carbocycles. The van der Waals surface area contributed by atoms with E-state index < -0.39 is 0 Å². The number of hydrogen-bond donors (Lipinski definition) is 1. The van der Waals surface area contributed by atoms with Crippen molar-refractivity contribution >= 4 is 0 Å². The van der Waals surface area contributed by atoms with Gasteiger partial charge in [-0.3, -0.25) is 0 Å². The van der Waals surface area contributed by atoms with E-state index in [4.69, 9.17) is 0 Å². The lowest BCUT2D eigenvalue weighted by Gasteiger charge is -2.20. The van der Waals surface area contributed by atoms with Crippen LogP contribution in [0.1, 0.15) is 62.8 Å². The van der Waals surface area contributed by atoms with Crippen LogP contribution in [0.5, 0.6) is 0 Å². The van der Waals surface area contributed by atoms with Crippen molar-refractivity contribution in [2.45, 2.75) is 65.0 Å². The molecule has 0 aliphatic heterocycles. The normalized spacial score (nSPS) is 26.5. The number of rotatable bonds is 3. The average molecular weight is 243 g/mol. The molecule has 1 fully saturated rings. The third kappa shape index (κ3) is 2.33. The molecule has 2 aliphatic rings. The van der Waals surface area contributed by atoms with Gasteiger partial charge in [-0.15, -0.1) is 0 Å². The number of hydrogen-bond acceptors (Lipinski definition) is 1. The molecule has 1 nitrogen and oxygen atoms in total. The molecule has 0 heterocycles. The Kier molecular flexibility index (Phi) is 2.97. The highest BCUT2D eigenvalue weighted by atomic mass is 15.0. The maximum absolute atomic E-state index is 3.77. The first kappa shape index (κ1) is 12.2. The van der Waals surface area contributed by atoms with Crippen LogP contribution in [0.25, 0.3) is 0 Å². The Bertz CT molecular complexity index is 447. The maximum atomic E-state index is 3.77. The molecule has 0 radical (unpaired) electrons. The van der Waals surface area contributed by atoms with Gasteiger partial charge in [0, 0.05) is 12.1 Å². The third-order valence-electron chi connectivity index (χ3n) is 4.84. The van der Waals surface area contributed by atoms with Crippen LogP contribution in [0, 0.1) is 5.41 Å². The minimum absolute atomic E-state index is 0.490. The maximum Gasteiger partial charge on any atom is 0.0294 e. The minimum atomic E-state index is 0.490. The monoisotopic (exact) mass is 243 g/mol. The first-order valence-electron chi connectivity index (χ1n) is 7.44. The molecule has 2 aliphatic carbocycles. The van der Waals surface area contributed by atoms with Gasteiger partial charge in [-0.2, -0.15) is 0 Å². The van der Waals surface area contributed by atoms with E-state index in [1.165, 1.54) is 37.7 Å². The van der Waals surface area contributed by atoms with Crippen molar-refractivity contribution in [3.8, 4) is 0 Å². The quantitative estimate of drug-likeness (QED) is 0.845. The van der Waals surface area contributed by atoms with Crippen LogP contribution in [0.15, 0.2) is 18.2 Å². The summed E-state index contributed by atoms with van der Waals surface area (Å²) < 4.78 is 0. The molecule has 1 aromatic rings. The Morgan fingerprint density at radius 3 is 2.50 bits per heavy atom. The number of nitrogens with one attached hydrogen (secondary N) is 1. The zero-order valence-corrected chi connectivity index (χ0v) is 11.9. The molecule has 2 atom stereocenters. The largest absolute Gasteiger partial charge is 0.307 e. The summed E-state index contributed by atoms with van der Waals surface area (Å²) in [6, 6.07) is 8.34. The molecule has 1 heteroatoms. The molecule has 1 aromatic carbocycles. The Morgan fingerprint density at radius 2 is 1.83 bits per heavy atom. The number of benzene rings is 1. The molecule has 98 valence electrons. The van der Waals surface area contributed by atoms with E-state index in [0.717, 1.165) is 0 Å². The molecule has 18 heavy (non-hydrogen) atoms. The van der Waals surface area contributed by atoms with Gasteiger partial charge in [-0.05, 0) is 61.1 Å². The molecule has 0 spiro atoms. The summed E-state index contributed by atoms with van der Waals surface area (Å²) in [6.45, 7) is 7.01. The summed E-state index contributed by atoms with van der Waals surface area (Å²) in [7, 11) is 0. The van der Waals surface area contributed by atoms with E-state index in [1.807, 2.05) is 0 Å². The third-order valence-corrected chi connectivity index (χ3v) is 4.84. The summed E-state index contributed by atoms with van der Waals surface area (Å²) in [5, 5.41) is 3.77. The van der Waals surface area contributed by atoms with Crippen molar-refractivity contribution in [3.63, 3.8) is 0 Å². The summed E-state index contributed by atoms with van der Waals surface area (Å²) in [4.78, 5) is 0. The predicted octanol–water partition coefficient (Wildman–Crippen LogP) is 4.01. The van der Waals surface area contributed by atoms with Crippen LogP contribution in [0.2, 0.25) is 0 Å². The Labute approximate surface area is 111 Å². The number of fused-ring (bicyclic) bond motifs is 1. The topological polar surface area (TPSA) is 12.0 Å². The smallest absolute Gasteiger partial charge is 0.0294 e. The SMILES string of the molecule is CC(NC1CC1(C)C)c1ccc2c(c1)CCCC2. The van der Waals surface area contributed by atoms with Gasteiger partial charge in [0.05, 0.1) is 0 Å². The molecular weight excluding hydrogens is 218 g/mol. The molecule has 2 unspecified atom stereocenters. The second kappa shape index (κ2) is 4.38. The fourth-order valence-electron chi connectivity index (χ4n) is 3.17. The lowest BCUT2D eigenvalue weighted by Crippen LogP contribution is -2.24. The molecule has 0 aromatic heterocycles. The highest BCUT2D eigenvalue weighted by Gasteiger charge is 2.45. The van der Waals surface area contributed by atoms with Crippen molar-refractivity contribution in [1.29, 1.82) is 0 Å². The standard InChI is InChI=1S/C17H25N/c1-12(18-16-11-17(16,2)3)14-9-8-13-6-4-5-7-15(13)10-14/h8-10,12,16,18H,4-7,11H2,1-3H3. The molecule has 0 amide bonds. The Balaban J connectivity index is 1.72. The van der Waals surface area contributed by atoms with E-state index in [2.05, 4.69) is 44.3 Å². The van der Waals surface area contributed by atoms with Gasteiger partial charge in [0.25, 0.3) is 0 Å². The molecule has 3 rings (SSSR count). The van der Waals surface area contributed by atoms with E-state index in [1.54, 1.807) is 11.1 Å². The van der Waals surface area contributed by atoms with Crippen molar-refractivity contribution < 1.29 is 0 Å². The molecular formula is C17H25N. The van der Waals surface area contributed by atoms with Crippen molar-refractivity contribution in [1.82, 2.24) is 5.32 Å². The summed E-state index contributed by atoms with van der Waals surface area (Å²) in [6.07, 6.45) is 6.63. The van der Waals surface area contributed by atoms with E-state index in [0.29, 0.717) is 17.5 Å². The van der Waals surface area contributed by atoms with Crippen LogP contribution < -0.4 is 5.32 Å². The minimum Gasteiger partial charge on any atom is -0.307 e. The molecule has 1 N–H and O–H groups in total. The van der Waals surface area contributed by atoms with Gasteiger partial charge < -0.3 is 5.32 Å². The van der Waals surface area contributed by atoms with Crippen molar-refractivity contribution in [2.75, 3.05) is 0 Å². The summed E-state index contributed by atoms with van der Waals surface area (Å²) >= 11 is 0. The fraction of sp³-hybridized carbons (Fsp3) is 0.647. The number of aryl methyl sites for hydroxylation is 2. The zero-order chi connectivity index (χ0) is 12.8. The summed E-state index contributed by atoms with van der Waals surface area (Å²) in [5.41, 5.74) is 5.17. The van der Waals surface area contributed by atoms with E-state index in [9.17, 15) is 0 Å². The van der Waals surface area contributed by atoms with Crippen LogP contribution in [-0.4, -0.2) is 6.04 Å². The van der Waals surface area contributed by atoms with Gasteiger partial charge >= 0.3 is 0 Å². The van der Waals surface area contributed by atoms with Crippen LogP contribution in [-0.2, 0) is 12.8 Å². The lowest BCUT2D eigenvalue weighted by molar-refractivity contribution is 0.491. The first-order valence-corrected chi connectivity index (χ1v) is 7.44. The highest BCUT2D eigenvalue weighted by Crippen LogP contribution is 2.45. The van der Waals surface area contributed by atoms with Gasteiger partial charge in [0.2, 0.25) is 0 Å². The molecule has 0 saturated heterocycles. The lowest BCUT2D eigenvalue weighted by atomic mass is 9.89. The zero-order valence-electron chi connectivity index (χ0n) is 11.9. The van der Waals surface area contributed by atoms with Gasteiger partial charge in [0.15, 0.2) is 0 Å². The highest BCUT2D eigenvalue weighted by molar-refractivity contribution is 5.35. The van der Waals surface area contributed by atoms with Gasteiger partial charge in [0.1, 0.15) is 0 Å².